The van der Waals surface area contributed by atoms with Gasteiger partial charge in [0.2, 0.25) is 0 Å². The first kappa shape index (κ1) is 23.7. The zero-order chi connectivity index (χ0) is 20.1. The van der Waals surface area contributed by atoms with Gasteiger partial charge in [0.1, 0.15) is 5.69 Å². The molecule has 0 aliphatic carbocycles. The lowest BCUT2D eigenvalue weighted by Crippen LogP contribution is -2.52. The summed E-state index contributed by atoms with van der Waals surface area (Å²) in [5.41, 5.74) is 3.21. The molecular formula is C23H28Cl2N4O2S. The van der Waals surface area contributed by atoms with Crippen LogP contribution in [-0.2, 0) is 11.3 Å². The number of hydrogen-bond acceptors (Lipinski definition) is 6. The number of nitrogens with zero attached hydrogens (tertiary/aromatic N) is 3. The zero-order valence-electron chi connectivity index (χ0n) is 17.6. The molecule has 0 unspecified atom stereocenters. The Hall–Kier alpha value is -1.45. The van der Waals surface area contributed by atoms with Crippen molar-refractivity contribution in [3.63, 3.8) is 0 Å². The quantitative estimate of drug-likeness (QED) is 0.569. The van der Waals surface area contributed by atoms with Crippen molar-refractivity contribution in [2.24, 2.45) is 11.8 Å². The number of aliphatic hydroxyl groups excluding tert-OH is 1. The number of rotatable bonds is 5. The standard InChI is InChI=1S/C23H26N4O2S.2ClH/c28-13-18-19-12-26(15-23(19)14-24-9-20(18)29-23)10-16-11-27(17-5-2-1-3-6-17)25-22(16)21-7-4-8-30-21;;/h1-8,11,18-20,24,28H,9-10,12-15H2;2*1H/t18-,19+,20+,23+;;/m0../s1. The number of halogens is 2. The molecule has 2 aromatic heterocycles. The van der Waals surface area contributed by atoms with Crippen LogP contribution in [0.2, 0.25) is 0 Å². The predicted octanol–water partition coefficient (Wildman–Crippen LogP) is 3.23. The number of aliphatic hydroxyl groups is 1. The lowest BCUT2D eigenvalue weighted by Gasteiger charge is -2.34. The van der Waals surface area contributed by atoms with Crippen molar-refractivity contribution in [2.75, 3.05) is 32.8 Å². The molecule has 4 atom stereocenters. The van der Waals surface area contributed by atoms with E-state index in [4.69, 9.17) is 9.84 Å². The van der Waals surface area contributed by atoms with Gasteiger partial charge in [-0.2, -0.15) is 5.10 Å². The summed E-state index contributed by atoms with van der Waals surface area (Å²) < 4.78 is 8.47. The Morgan fingerprint density at radius 3 is 2.78 bits per heavy atom. The molecule has 0 amide bonds. The third kappa shape index (κ3) is 3.90. The van der Waals surface area contributed by atoms with Gasteiger partial charge in [-0.15, -0.1) is 36.2 Å². The van der Waals surface area contributed by atoms with Crippen molar-refractivity contribution >= 4 is 36.2 Å². The van der Waals surface area contributed by atoms with Gasteiger partial charge >= 0.3 is 0 Å². The lowest BCUT2D eigenvalue weighted by molar-refractivity contribution is -0.0746. The van der Waals surface area contributed by atoms with Crippen LogP contribution in [0.1, 0.15) is 5.56 Å². The van der Waals surface area contributed by atoms with E-state index in [9.17, 15) is 5.11 Å². The Kier molecular flexibility index (Phi) is 6.98. The van der Waals surface area contributed by atoms with E-state index in [1.165, 1.54) is 10.4 Å². The second-order valence-electron chi connectivity index (χ2n) is 8.73. The van der Waals surface area contributed by atoms with E-state index in [0.29, 0.717) is 5.92 Å². The minimum Gasteiger partial charge on any atom is -0.396 e. The second kappa shape index (κ2) is 9.43. The van der Waals surface area contributed by atoms with Crippen molar-refractivity contribution in [1.82, 2.24) is 20.0 Å². The minimum atomic E-state index is -0.158. The first-order valence-corrected chi connectivity index (χ1v) is 11.5. The Labute approximate surface area is 204 Å². The molecule has 0 radical (unpaired) electrons. The van der Waals surface area contributed by atoms with Crippen molar-refractivity contribution in [3.8, 4) is 16.3 Å². The Morgan fingerprint density at radius 1 is 1.19 bits per heavy atom. The summed E-state index contributed by atoms with van der Waals surface area (Å²) in [5.74, 6) is 0.616. The van der Waals surface area contributed by atoms with Gasteiger partial charge < -0.3 is 15.2 Å². The van der Waals surface area contributed by atoms with Gasteiger partial charge in [0.05, 0.1) is 22.3 Å². The lowest BCUT2D eigenvalue weighted by atomic mass is 9.83. The van der Waals surface area contributed by atoms with Crippen LogP contribution in [0, 0.1) is 11.8 Å². The van der Waals surface area contributed by atoms with Crippen LogP contribution in [0.4, 0.5) is 0 Å². The smallest absolute Gasteiger partial charge is 0.107 e. The van der Waals surface area contributed by atoms with Gasteiger partial charge in [-0.25, -0.2) is 4.68 Å². The number of benzene rings is 1. The molecule has 0 saturated carbocycles. The molecule has 3 fully saturated rings. The van der Waals surface area contributed by atoms with Crippen LogP contribution in [0.5, 0.6) is 0 Å². The van der Waals surface area contributed by atoms with E-state index in [2.05, 4.69) is 46.1 Å². The fourth-order valence-corrected chi connectivity index (χ4v) is 6.36. The van der Waals surface area contributed by atoms with Gasteiger partial charge in [-0.1, -0.05) is 24.3 Å². The number of hydrogen-bond donors (Lipinski definition) is 2. The summed E-state index contributed by atoms with van der Waals surface area (Å²) >= 11 is 1.73. The summed E-state index contributed by atoms with van der Waals surface area (Å²) in [6.07, 6.45) is 2.32. The van der Waals surface area contributed by atoms with E-state index in [1.807, 2.05) is 22.9 Å². The van der Waals surface area contributed by atoms with Crippen molar-refractivity contribution in [2.45, 2.75) is 18.2 Å². The van der Waals surface area contributed by atoms with Crippen LogP contribution < -0.4 is 5.32 Å². The Morgan fingerprint density at radius 2 is 2.03 bits per heavy atom. The van der Waals surface area contributed by atoms with Crippen molar-refractivity contribution in [3.05, 3.63) is 59.6 Å². The van der Waals surface area contributed by atoms with Crippen LogP contribution >= 0.6 is 36.2 Å². The van der Waals surface area contributed by atoms with Gasteiger partial charge in [0.15, 0.2) is 0 Å². The van der Waals surface area contributed by atoms with Gasteiger partial charge in [-0.3, -0.25) is 4.90 Å². The molecule has 2 N–H and O–H groups in total. The van der Waals surface area contributed by atoms with Crippen LogP contribution in [0.15, 0.2) is 54.0 Å². The number of para-hydroxylation sites is 1. The summed E-state index contributed by atoms with van der Waals surface area (Å²) in [4.78, 5) is 3.68. The number of ether oxygens (including phenoxy) is 1. The van der Waals surface area contributed by atoms with Crippen molar-refractivity contribution < 1.29 is 9.84 Å². The highest BCUT2D eigenvalue weighted by Crippen LogP contribution is 2.47. The number of fused-ring (bicyclic) bond motifs is 1. The average molecular weight is 495 g/mol. The number of thiophene rings is 1. The second-order valence-corrected chi connectivity index (χ2v) is 9.68. The fraction of sp³-hybridized carbons (Fsp3) is 0.435. The van der Waals surface area contributed by atoms with Gasteiger partial charge in [0.25, 0.3) is 0 Å². The monoisotopic (exact) mass is 494 g/mol. The third-order valence-corrected chi connectivity index (χ3v) is 7.82. The highest BCUT2D eigenvalue weighted by atomic mass is 35.5. The van der Waals surface area contributed by atoms with Crippen molar-refractivity contribution in [1.29, 1.82) is 0 Å². The molecule has 3 saturated heterocycles. The molecule has 2 bridgehead atoms. The van der Waals surface area contributed by atoms with E-state index in [1.54, 1.807) is 11.3 Å². The molecular weight excluding hydrogens is 467 g/mol. The molecule has 3 aliphatic heterocycles. The maximum atomic E-state index is 9.99. The molecule has 6 nitrogen and oxygen atoms in total. The molecule has 3 aliphatic rings. The summed E-state index contributed by atoms with van der Waals surface area (Å²) in [7, 11) is 0. The molecule has 1 spiro atoms. The maximum absolute atomic E-state index is 9.99. The topological polar surface area (TPSA) is 62.5 Å². The SMILES string of the molecule is Cl.Cl.OC[C@H]1[C@H]2CN(Cc3cn(-c4ccccc4)nc3-c3cccs3)C[C@]23CNC[C@H]1O3. The highest BCUT2D eigenvalue weighted by Gasteiger charge is 2.60. The highest BCUT2D eigenvalue weighted by molar-refractivity contribution is 7.13. The van der Waals surface area contributed by atoms with Crippen LogP contribution in [0.3, 0.4) is 0 Å². The number of likely N-dealkylation sites (tertiary alicyclic amines) is 1. The minimum absolute atomic E-state index is 0. The maximum Gasteiger partial charge on any atom is 0.107 e. The summed E-state index contributed by atoms with van der Waals surface area (Å²) in [6.45, 7) is 4.64. The normalized spacial score (nSPS) is 28.7. The first-order valence-electron chi connectivity index (χ1n) is 10.7. The first-order chi connectivity index (χ1) is 14.8. The van der Waals surface area contributed by atoms with Crippen LogP contribution in [0.25, 0.3) is 16.3 Å². The summed E-state index contributed by atoms with van der Waals surface area (Å²) in [6, 6.07) is 14.5. The molecule has 3 aromatic rings. The molecule has 5 heterocycles. The third-order valence-electron chi connectivity index (χ3n) is 6.94. The predicted molar refractivity (Wildman–Crippen MR) is 131 cm³/mol. The number of morpholine rings is 1. The average Bonchev–Trinajstić information content (AvgIpc) is 3.52. The molecule has 32 heavy (non-hydrogen) atoms. The zero-order valence-corrected chi connectivity index (χ0v) is 20.0. The molecule has 6 rings (SSSR count). The molecule has 172 valence electrons. The molecule has 1 aromatic carbocycles. The van der Waals surface area contributed by atoms with E-state index < -0.39 is 0 Å². The van der Waals surface area contributed by atoms with E-state index >= 15 is 0 Å². The van der Waals surface area contributed by atoms with Gasteiger partial charge in [-0.05, 0) is 23.6 Å². The fourth-order valence-electron chi connectivity index (χ4n) is 5.62. The largest absolute Gasteiger partial charge is 0.396 e. The van der Waals surface area contributed by atoms with Crippen LogP contribution in [-0.4, -0.2) is 64.3 Å². The van der Waals surface area contributed by atoms with Gasteiger partial charge in [0, 0.05) is 62.9 Å². The Bertz CT molecular complexity index is 1030. The van der Waals surface area contributed by atoms with E-state index in [-0.39, 0.29) is 49.0 Å². The molecule has 9 heteroatoms. The Balaban J connectivity index is 0.00000122. The van der Waals surface area contributed by atoms with E-state index in [0.717, 1.165) is 44.1 Å². The number of aromatic nitrogens is 2. The summed E-state index contributed by atoms with van der Waals surface area (Å²) in [5, 5.41) is 20.6. The number of nitrogens with one attached hydrogen (secondary N) is 1.